The van der Waals surface area contributed by atoms with E-state index in [-0.39, 0.29) is 23.8 Å². The Morgan fingerprint density at radius 3 is 2.42 bits per heavy atom. The molecule has 0 aliphatic carbocycles. The minimum atomic E-state index is -0.285. The van der Waals surface area contributed by atoms with Crippen LogP contribution in [0.4, 0.5) is 4.39 Å². The Morgan fingerprint density at radius 2 is 1.69 bits per heavy atom. The number of hydrogen-bond donors (Lipinski definition) is 0. The fourth-order valence-corrected chi connectivity index (χ4v) is 5.35. The third-order valence-corrected chi connectivity index (χ3v) is 7.51. The first kappa shape index (κ1) is 24.0. The Bertz CT molecular complexity index is 1450. The van der Waals surface area contributed by atoms with Crippen LogP contribution >= 0.6 is 0 Å². The zero-order valence-corrected chi connectivity index (χ0v) is 20.8. The average Bonchev–Trinajstić information content (AvgIpc) is 3.13. The molecule has 1 aliphatic rings. The summed E-state index contributed by atoms with van der Waals surface area (Å²) in [7, 11) is 0. The van der Waals surface area contributed by atoms with Crippen LogP contribution in [0, 0.1) is 25.6 Å². The molecule has 1 saturated heterocycles. The van der Waals surface area contributed by atoms with Gasteiger partial charge in [0.15, 0.2) is 0 Å². The first-order valence-electron chi connectivity index (χ1n) is 12.5. The van der Waals surface area contributed by atoms with Gasteiger partial charge in [-0.25, -0.2) is 9.07 Å². The number of carbonyl (C=O) groups excluding carboxylic acids is 1. The van der Waals surface area contributed by atoms with E-state index in [9.17, 15) is 14.0 Å². The number of aryl methyl sites for hydroxylation is 2. The van der Waals surface area contributed by atoms with E-state index < -0.39 is 0 Å². The minimum Gasteiger partial charge on any atom is -0.343 e. The van der Waals surface area contributed by atoms with Crippen LogP contribution in [0.1, 0.15) is 35.4 Å². The molecule has 0 radical (unpaired) electrons. The lowest BCUT2D eigenvalue weighted by Gasteiger charge is -2.32. The van der Waals surface area contributed by atoms with E-state index in [4.69, 9.17) is 0 Å². The van der Waals surface area contributed by atoms with Gasteiger partial charge in [0.2, 0.25) is 5.91 Å². The summed E-state index contributed by atoms with van der Waals surface area (Å²) in [6.07, 6.45) is 4.59. The van der Waals surface area contributed by atoms with Crippen molar-refractivity contribution in [2.45, 2.75) is 46.2 Å². The van der Waals surface area contributed by atoms with E-state index in [0.29, 0.717) is 36.5 Å². The molecule has 6 nitrogen and oxygen atoms in total. The number of rotatable bonds is 6. The highest BCUT2D eigenvalue weighted by Gasteiger charge is 2.24. The van der Waals surface area contributed by atoms with Crippen LogP contribution in [-0.4, -0.2) is 38.2 Å². The number of likely N-dealkylation sites (tertiary alicyclic amines) is 1. The first-order valence-corrected chi connectivity index (χ1v) is 12.5. The summed E-state index contributed by atoms with van der Waals surface area (Å²) in [5.74, 6) is 0.207. The van der Waals surface area contributed by atoms with E-state index in [2.05, 4.69) is 29.4 Å². The van der Waals surface area contributed by atoms with Gasteiger partial charge in [-0.1, -0.05) is 48.5 Å². The number of aromatic nitrogens is 3. The van der Waals surface area contributed by atoms with E-state index in [1.807, 2.05) is 29.4 Å². The van der Waals surface area contributed by atoms with Crippen LogP contribution in [0.3, 0.4) is 0 Å². The number of halogens is 1. The van der Waals surface area contributed by atoms with Crippen LogP contribution < -0.4 is 5.56 Å². The smallest absolute Gasteiger partial charge is 0.276 e. The Kier molecular flexibility index (Phi) is 6.72. The van der Waals surface area contributed by atoms with Crippen LogP contribution in [0.25, 0.3) is 10.8 Å². The maximum Gasteiger partial charge on any atom is 0.276 e. The van der Waals surface area contributed by atoms with Gasteiger partial charge in [-0.2, -0.15) is 5.10 Å². The molecule has 3 heterocycles. The van der Waals surface area contributed by atoms with Gasteiger partial charge in [0, 0.05) is 35.4 Å². The average molecular weight is 487 g/mol. The van der Waals surface area contributed by atoms with E-state index in [1.54, 1.807) is 24.4 Å². The first-order chi connectivity index (χ1) is 17.4. The number of hydrogen-bond acceptors (Lipinski definition) is 3. The number of benzene rings is 2. The van der Waals surface area contributed by atoms with Gasteiger partial charge >= 0.3 is 0 Å². The summed E-state index contributed by atoms with van der Waals surface area (Å²) in [5, 5.41) is 5.59. The molecule has 0 N–H and O–H groups in total. The molecule has 5 rings (SSSR count). The molecular weight excluding hydrogens is 455 g/mol. The zero-order chi connectivity index (χ0) is 25.2. The molecule has 1 aliphatic heterocycles. The van der Waals surface area contributed by atoms with Gasteiger partial charge in [0.05, 0.1) is 18.1 Å². The summed E-state index contributed by atoms with van der Waals surface area (Å²) in [4.78, 5) is 28.2. The van der Waals surface area contributed by atoms with Crippen molar-refractivity contribution in [3.05, 3.63) is 99.5 Å². The second kappa shape index (κ2) is 10.1. The Labute approximate surface area is 210 Å². The van der Waals surface area contributed by atoms with Crippen molar-refractivity contribution in [2.75, 3.05) is 13.1 Å². The fourth-order valence-electron chi connectivity index (χ4n) is 5.35. The lowest BCUT2D eigenvalue weighted by Crippen LogP contribution is -2.42. The van der Waals surface area contributed by atoms with Gasteiger partial charge in [-0.05, 0) is 50.7 Å². The third-order valence-electron chi connectivity index (χ3n) is 7.51. The van der Waals surface area contributed by atoms with Crippen molar-refractivity contribution in [1.82, 2.24) is 19.2 Å². The molecule has 0 atom stereocenters. The van der Waals surface area contributed by atoms with Crippen LogP contribution in [0.15, 0.2) is 65.6 Å². The monoisotopic (exact) mass is 486 g/mol. The molecule has 7 heteroatoms. The lowest BCUT2D eigenvalue weighted by molar-refractivity contribution is -0.133. The highest BCUT2D eigenvalue weighted by molar-refractivity contribution is 5.87. The highest BCUT2D eigenvalue weighted by Crippen LogP contribution is 2.24. The largest absolute Gasteiger partial charge is 0.343 e. The number of carbonyl (C=O) groups is 1. The van der Waals surface area contributed by atoms with Crippen molar-refractivity contribution in [2.24, 2.45) is 5.92 Å². The quantitative estimate of drug-likeness (QED) is 0.404. The third kappa shape index (κ3) is 4.70. The van der Waals surface area contributed by atoms with Gasteiger partial charge in [-0.15, -0.1) is 0 Å². The summed E-state index contributed by atoms with van der Waals surface area (Å²) >= 11 is 0. The molecule has 0 bridgehead atoms. The normalized spacial score (nSPS) is 14.5. The van der Waals surface area contributed by atoms with Crippen LogP contribution in [-0.2, 0) is 24.3 Å². The predicted molar refractivity (Wildman–Crippen MR) is 138 cm³/mol. The van der Waals surface area contributed by atoms with Crippen molar-refractivity contribution in [1.29, 1.82) is 0 Å². The molecular formula is C29H31FN4O2. The summed E-state index contributed by atoms with van der Waals surface area (Å²) in [6.45, 7) is 5.42. The number of nitrogens with zero attached hydrogens (tertiary/aromatic N) is 4. The van der Waals surface area contributed by atoms with Crippen molar-refractivity contribution in [3.8, 4) is 0 Å². The van der Waals surface area contributed by atoms with Crippen molar-refractivity contribution >= 4 is 16.7 Å². The zero-order valence-electron chi connectivity index (χ0n) is 20.8. The highest BCUT2D eigenvalue weighted by atomic mass is 19.1. The molecule has 2 aromatic carbocycles. The molecule has 36 heavy (non-hydrogen) atoms. The summed E-state index contributed by atoms with van der Waals surface area (Å²) < 4.78 is 17.5. The van der Waals surface area contributed by atoms with Crippen molar-refractivity contribution in [3.63, 3.8) is 0 Å². The van der Waals surface area contributed by atoms with Gasteiger partial charge < -0.3 is 9.47 Å². The van der Waals surface area contributed by atoms with E-state index in [0.717, 1.165) is 36.0 Å². The molecule has 186 valence electrons. The van der Waals surface area contributed by atoms with Gasteiger partial charge in [0.25, 0.3) is 5.56 Å². The van der Waals surface area contributed by atoms with Crippen molar-refractivity contribution < 1.29 is 9.18 Å². The topological polar surface area (TPSA) is 60.1 Å². The molecule has 4 aromatic rings. The van der Waals surface area contributed by atoms with Gasteiger partial charge in [0.1, 0.15) is 12.4 Å². The second-order valence-corrected chi connectivity index (χ2v) is 9.76. The second-order valence-electron chi connectivity index (χ2n) is 9.76. The molecule has 1 amide bonds. The summed E-state index contributed by atoms with van der Waals surface area (Å²) in [5.41, 5.74) is 3.21. The summed E-state index contributed by atoms with van der Waals surface area (Å²) in [6, 6.07) is 17.1. The predicted octanol–water partition coefficient (Wildman–Crippen LogP) is 4.48. The van der Waals surface area contributed by atoms with Crippen LogP contribution in [0.2, 0.25) is 0 Å². The standard InChI is InChI=1S/C29H31FN4O2/c1-20-25-17-31-34(29(36)28(25)21(2)33(20)18-24-10-6-7-11-26(24)30)19-27(35)32-14-12-23(13-15-32)16-22-8-4-3-5-9-22/h3-11,17,23H,12-16,18-19H2,1-2H3. The fraction of sp³-hybridized carbons (Fsp3) is 0.345. The maximum absolute atomic E-state index is 14.3. The van der Waals surface area contributed by atoms with Crippen LogP contribution in [0.5, 0.6) is 0 Å². The maximum atomic E-state index is 14.3. The van der Waals surface area contributed by atoms with E-state index in [1.165, 1.54) is 16.3 Å². The number of fused-ring (bicyclic) bond motifs is 1. The molecule has 2 aromatic heterocycles. The molecule has 0 unspecified atom stereocenters. The SMILES string of the molecule is Cc1c2cnn(CC(=O)N3CCC(Cc4ccccc4)CC3)c(=O)c2c(C)n1Cc1ccccc1F. The van der Waals surface area contributed by atoms with E-state index >= 15 is 0 Å². The minimum absolute atomic E-state index is 0.0743. The number of amides is 1. The molecule has 1 fully saturated rings. The molecule has 0 spiro atoms. The Balaban J connectivity index is 1.30. The Morgan fingerprint density at radius 1 is 1.00 bits per heavy atom. The lowest BCUT2D eigenvalue weighted by atomic mass is 9.90. The molecule has 0 saturated carbocycles. The van der Waals surface area contributed by atoms with Gasteiger partial charge in [-0.3, -0.25) is 9.59 Å². The Hall–Kier alpha value is -3.74. The number of piperidine rings is 1.